The Morgan fingerprint density at radius 1 is 1.30 bits per heavy atom. The molecule has 1 unspecified atom stereocenters. The highest BCUT2D eigenvalue weighted by molar-refractivity contribution is 7.91. The van der Waals surface area contributed by atoms with E-state index in [9.17, 15) is 8.42 Å². The first-order chi connectivity index (χ1) is 9.03. The number of halogens is 1. The lowest BCUT2D eigenvalue weighted by Crippen LogP contribution is -2.24. The number of hydrogen-bond acceptors (Lipinski definition) is 3. The van der Waals surface area contributed by atoms with Crippen molar-refractivity contribution in [2.45, 2.75) is 43.5 Å². The molecule has 0 fully saturated rings. The van der Waals surface area contributed by atoms with Gasteiger partial charge in [0.25, 0.3) is 0 Å². The molecule has 6 heteroatoms. The average Bonchev–Trinajstić information content (AvgIpc) is 2.65. The highest BCUT2D eigenvalue weighted by Gasteiger charge is 2.26. The van der Waals surface area contributed by atoms with E-state index in [2.05, 4.69) is 4.98 Å². The second kappa shape index (κ2) is 4.74. The Morgan fingerprint density at radius 2 is 1.90 bits per heavy atom. The summed E-state index contributed by atoms with van der Waals surface area (Å²) in [5.74, 6) is 0.685. The van der Waals surface area contributed by atoms with Gasteiger partial charge in [-0.2, -0.15) is 0 Å². The van der Waals surface area contributed by atoms with Crippen LogP contribution in [0.1, 0.15) is 38.9 Å². The Kier molecular flexibility index (Phi) is 3.63. The molecule has 1 heterocycles. The minimum Gasteiger partial charge on any atom is -0.321 e. The van der Waals surface area contributed by atoms with Crippen molar-refractivity contribution in [2.75, 3.05) is 6.26 Å². The number of aromatic nitrogens is 2. The molecular weight excluding hydrogens is 296 g/mol. The van der Waals surface area contributed by atoms with E-state index in [0.29, 0.717) is 11.3 Å². The summed E-state index contributed by atoms with van der Waals surface area (Å²) in [6.07, 6.45) is 1.20. The average molecular weight is 315 g/mol. The van der Waals surface area contributed by atoms with Crippen LogP contribution in [0.15, 0.2) is 23.1 Å². The van der Waals surface area contributed by atoms with Crippen LogP contribution in [-0.4, -0.2) is 24.2 Å². The number of hydrogen-bond donors (Lipinski definition) is 0. The number of rotatable bonds is 2. The summed E-state index contributed by atoms with van der Waals surface area (Å²) < 4.78 is 25.8. The second-order valence-electron chi connectivity index (χ2n) is 5.99. The number of nitrogens with zero attached hydrogens (tertiary/aromatic N) is 2. The number of fused-ring (bicyclic) bond motifs is 1. The first kappa shape index (κ1) is 15.3. The van der Waals surface area contributed by atoms with Gasteiger partial charge in [-0.1, -0.05) is 6.07 Å². The molecule has 0 spiro atoms. The van der Waals surface area contributed by atoms with E-state index < -0.39 is 9.84 Å². The molecule has 0 saturated carbocycles. The predicted molar refractivity (Wildman–Crippen MR) is 82.1 cm³/mol. The molecule has 0 bridgehead atoms. The predicted octanol–water partition coefficient (Wildman–Crippen LogP) is 3.49. The van der Waals surface area contributed by atoms with Gasteiger partial charge in [0.1, 0.15) is 11.3 Å². The van der Waals surface area contributed by atoms with Crippen LogP contribution < -0.4 is 0 Å². The van der Waals surface area contributed by atoms with Crippen LogP contribution in [0.2, 0.25) is 0 Å². The highest BCUT2D eigenvalue weighted by Crippen LogP contribution is 2.33. The summed E-state index contributed by atoms with van der Waals surface area (Å²) in [6.45, 7) is 7.98. The van der Waals surface area contributed by atoms with Gasteiger partial charge in [0.05, 0.1) is 15.8 Å². The van der Waals surface area contributed by atoms with Crippen molar-refractivity contribution < 1.29 is 8.42 Å². The van der Waals surface area contributed by atoms with Crippen molar-refractivity contribution >= 4 is 32.5 Å². The standard InChI is InChI=1S/C14H19ClN2O2S/c1-9(15)13-16-12-10(17(13)14(2,3)4)7-6-8-11(12)20(5,18)19/h6-9H,1-5H3. The van der Waals surface area contributed by atoms with Gasteiger partial charge in [-0.25, -0.2) is 13.4 Å². The second-order valence-corrected chi connectivity index (χ2v) is 8.63. The van der Waals surface area contributed by atoms with Crippen molar-refractivity contribution in [3.8, 4) is 0 Å². The Balaban J connectivity index is 2.96. The number of benzene rings is 1. The van der Waals surface area contributed by atoms with E-state index in [0.717, 1.165) is 5.52 Å². The van der Waals surface area contributed by atoms with E-state index in [1.807, 2.05) is 38.3 Å². The zero-order valence-electron chi connectivity index (χ0n) is 12.3. The van der Waals surface area contributed by atoms with Crippen molar-refractivity contribution in [1.82, 2.24) is 9.55 Å². The Bertz CT molecular complexity index is 755. The minimum atomic E-state index is -3.32. The third-order valence-corrected chi connectivity index (χ3v) is 4.42. The summed E-state index contributed by atoms with van der Waals surface area (Å²) in [4.78, 5) is 4.74. The molecule has 2 rings (SSSR count). The van der Waals surface area contributed by atoms with Gasteiger partial charge < -0.3 is 4.57 Å². The summed E-state index contributed by atoms with van der Waals surface area (Å²) in [5, 5.41) is -0.297. The van der Waals surface area contributed by atoms with E-state index in [4.69, 9.17) is 11.6 Å². The lowest BCUT2D eigenvalue weighted by molar-refractivity contribution is 0.394. The van der Waals surface area contributed by atoms with Gasteiger partial charge in [-0.05, 0) is 39.8 Å². The fraction of sp³-hybridized carbons (Fsp3) is 0.500. The van der Waals surface area contributed by atoms with E-state index in [1.165, 1.54) is 6.26 Å². The van der Waals surface area contributed by atoms with Crippen LogP contribution in [0.5, 0.6) is 0 Å². The summed E-state index contributed by atoms with van der Waals surface area (Å²) >= 11 is 6.22. The quantitative estimate of drug-likeness (QED) is 0.797. The molecule has 0 radical (unpaired) electrons. The Morgan fingerprint density at radius 3 is 2.35 bits per heavy atom. The molecule has 1 aromatic carbocycles. The van der Waals surface area contributed by atoms with Crippen LogP contribution in [0.4, 0.5) is 0 Å². The molecule has 4 nitrogen and oxygen atoms in total. The molecule has 110 valence electrons. The number of sulfone groups is 1. The minimum absolute atomic E-state index is 0.233. The van der Waals surface area contributed by atoms with Gasteiger partial charge in [-0.15, -0.1) is 11.6 Å². The maximum atomic E-state index is 11.9. The number of alkyl halides is 1. The van der Waals surface area contributed by atoms with Crippen LogP contribution in [0.3, 0.4) is 0 Å². The maximum Gasteiger partial charge on any atom is 0.177 e. The van der Waals surface area contributed by atoms with Crippen LogP contribution in [-0.2, 0) is 15.4 Å². The van der Waals surface area contributed by atoms with Crippen molar-refractivity contribution in [3.63, 3.8) is 0 Å². The molecule has 0 amide bonds. The van der Waals surface area contributed by atoms with Gasteiger partial charge in [0.15, 0.2) is 9.84 Å². The zero-order chi connectivity index (χ0) is 15.3. The molecule has 2 aromatic rings. The molecule has 0 aliphatic heterocycles. The molecule has 0 aliphatic carbocycles. The highest BCUT2D eigenvalue weighted by atomic mass is 35.5. The lowest BCUT2D eigenvalue weighted by atomic mass is 10.1. The zero-order valence-corrected chi connectivity index (χ0v) is 13.9. The van der Waals surface area contributed by atoms with Gasteiger partial charge in [0, 0.05) is 11.8 Å². The molecule has 0 saturated heterocycles. The van der Waals surface area contributed by atoms with Gasteiger partial charge in [-0.3, -0.25) is 0 Å². The monoisotopic (exact) mass is 314 g/mol. The maximum absolute atomic E-state index is 11.9. The largest absolute Gasteiger partial charge is 0.321 e. The van der Waals surface area contributed by atoms with Crippen molar-refractivity contribution in [3.05, 3.63) is 24.0 Å². The van der Waals surface area contributed by atoms with Gasteiger partial charge >= 0.3 is 0 Å². The SMILES string of the molecule is CC(Cl)c1nc2c(S(C)(=O)=O)cccc2n1C(C)(C)C. The van der Waals surface area contributed by atoms with Gasteiger partial charge in [0.2, 0.25) is 0 Å². The van der Waals surface area contributed by atoms with Crippen LogP contribution in [0, 0.1) is 0 Å². The third-order valence-electron chi connectivity index (χ3n) is 3.10. The Hall–Kier alpha value is -1.07. The first-order valence-electron chi connectivity index (χ1n) is 6.39. The number of imidazole rings is 1. The molecule has 1 atom stereocenters. The third kappa shape index (κ3) is 2.56. The lowest BCUT2D eigenvalue weighted by Gasteiger charge is -2.25. The normalized spacial score (nSPS) is 14.7. The van der Waals surface area contributed by atoms with Crippen LogP contribution in [0.25, 0.3) is 11.0 Å². The fourth-order valence-corrected chi connectivity index (χ4v) is 3.34. The van der Waals surface area contributed by atoms with Crippen molar-refractivity contribution in [2.24, 2.45) is 0 Å². The summed E-state index contributed by atoms with van der Waals surface area (Å²) in [7, 11) is -3.32. The summed E-state index contributed by atoms with van der Waals surface area (Å²) in [5.41, 5.74) is 1.05. The van der Waals surface area contributed by atoms with E-state index in [-0.39, 0.29) is 15.8 Å². The van der Waals surface area contributed by atoms with E-state index >= 15 is 0 Å². The van der Waals surface area contributed by atoms with Crippen molar-refractivity contribution in [1.29, 1.82) is 0 Å². The summed E-state index contributed by atoms with van der Waals surface area (Å²) in [6, 6.07) is 5.21. The fourth-order valence-electron chi connectivity index (χ4n) is 2.36. The van der Waals surface area contributed by atoms with E-state index in [1.54, 1.807) is 12.1 Å². The molecule has 1 aromatic heterocycles. The molecule has 0 aliphatic rings. The molecular formula is C14H19ClN2O2S. The molecule has 0 N–H and O–H groups in total. The number of para-hydroxylation sites is 1. The first-order valence-corrected chi connectivity index (χ1v) is 8.72. The Labute approximate surface area is 124 Å². The van der Waals surface area contributed by atoms with Crippen LogP contribution >= 0.6 is 11.6 Å². The smallest absolute Gasteiger partial charge is 0.177 e. The molecule has 20 heavy (non-hydrogen) atoms. The topological polar surface area (TPSA) is 52.0 Å².